The summed E-state index contributed by atoms with van der Waals surface area (Å²) in [5.41, 5.74) is 5.16. The van der Waals surface area contributed by atoms with Crippen molar-refractivity contribution in [1.82, 2.24) is 15.1 Å². The summed E-state index contributed by atoms with van der Waals surface area (Å²) >= 11 is 1.56. The van der Waals surface area contributed by atoms with Crippen LogP contribution in [0.25, 0.3) is 0 Å². The van der Waals surface area contributed by atoms with Crippen LogP contribution in [0.4, 0.5) is 0 Å². The fraction of sp³-hybridized carbons (Fsp3) is 0.400. The molecule has 2 fully saturated rings. The van der Waals surface area contributed by atoms with Crippen molar-refractivity contribution in [2.24, 2.45) is 0 Å². The maximum Gasteiger partial charge on any atom is 0.258 e. The zero-order chi connectivity index (χ0) is 31.0. The van der Waals surface area contributed by atoms with Gasteiger partial charge >= 0.3 is 0 Å². The molecule has 3 aromatic carbocycles. The van der Waals surface area contributed by atoms with E-state index in [1.165, 1.54) is 16.0 Å². The highest BCUT2D eigenvalue weighted by Crippen LogP contribution is 2.55. The number of nitrogens with one attached hydrogen (secondary N) is 1. The third-order valence-corrected chi connectivity index (χ3v) is 10.6. The molecule has 2 N–H and O–H groups in total. The van der Waals surface area contributed by atoms with Crippen molar-refractivity contribution in [3.8, 4) is 5.75 Å². The molecule has 230 valence electrons. The lowest BCUT2D eigenvalue weighted by atomic mass is 9.82. The van der Waals surface area contributed by atoms with Gasteiger partial charge in [0.2, 0.25) is 5.91 Å². The van der Waals surface area contributed by atoms with Crippen LogP contribution < -0.4 is 10.1 Å². The highest BCUT2D eigenvalue weighted by molar-refractivity contribution is 8.01. The predicted molar refractivity (Wildman–Crippen MR) is 170 cm³/mol. The maximum atomic E-state index is 13.9. The molecule has 9 heteroatoms. The fourth-order valence-electron chi connectivity index (χ4n) is 7.01. The SMILES string of the molecule is Cc1cccc(C)c1OCC(=O)N[C@@H](Cc1ccccc1)[C@H](O)C(=O)N1CSC2(C)[C@H]1C(=O)N2[C@H]1CCCc2ccccc21. The standard InChI is InChI=1S/C35H39N3O5S/c1-22-11-9-12-23(2)31(22)43-20-29(39)36-27(19-24-13-5-4-6-14-24)30(40)33(41)37-21-44-35(3)32(37)34(42)38(35)28-18-10-16-25-15-7-8-17-26(25)28/h4-9,11-15,17,27-28,30,32,40H,10,16,18-21H2,1-3H3,(H,36,39)/t27-,28-,30-,32+,35?/m0/s1. The molecule has 44 heavy (non-hydrogen) atoms. The highest BCUT2D eigenvalue weighted by Gasteiger charge is 2.67. The number of fused-ring (bicyclic) bond motifs is 2. The normalized spacial score (nSPS) is 23.7. The van der Waals surface area contributed by atoms with Gasteiger partial charge < -0.3 is 25.0 Å². The molecule has 0 spiro atoms. The minimum atomic E-state index is -1.54. The molecule has 0 aromatic heterocycles. The minimum absolute atomic E-state index is 0.0248. The van der Waals surface area contributed by atoms with Crippen LogP contribution >= 0.6 is 11.8 Å². The third kappa shape index (κ3) is 5.48. The number of carbonyl (C=O) groups is 3. The van der Waals surface area contributed by atoms with Crippen LogP contribution in [-0.2, 0) is 27.2 Å². The van der Waals surface area contributed by atoms with Gasteiger partial charge in [-0.15, -0.1) is 11.8 Å². The Morgan fingerprint density at radius 1 is 1.05 bits per heavy atom. The first kappa shape index (κ1) is 30.2. The molecule has 3 amide bonds. The summed E-state index contributed by atoms with van der Waals surface area (Å²) in [6.07, 6.45) is 1.59. The first-order chi connectivity index (χ1) is 21.2. The number of para-hydroxylation sites is 1. The summed E-state index contributed by atoms with van der Waals surface area (Å²) in [5.74, 6) is -0.163. The maximum absolute atomic E-state index is 13.9. The van der Waals surface area contributed by atoms with E-state index >= 15 is 0 Å². The van der Waals surface area contributed by atoms with Crippen LogP contribution in [0.3, 0.4) is 0 Å². The average Bonchev–Trinajstić information content (AvgIpc) is 3.33. The van der Waals surface area contributed by atoms with Gasteiger partial charge in [-0.05, 0) is 74.3 Å². The number of benzene rings is 3. The van der Waals surface area contributed by atoms with Crippen LogP contribution in [0.5, 0.6) is 5.75 Å². The number of amides is 3. The van der Waals surface area contributed by atoms with Crippen molar-refractivity contribution in [2.75, 3.05) is 12.5 Å². The quantitative estimate of drug-likeness (QED) is 0.349. The van der Waals surface area contributed by atoms with E-state index in [9.17, 15) is 19.5 Å². The van der Waals surface area contributed by atoms with Crippen molar-refractivity contribution in [3.63, 3.8) is 0 Å². The summed E-state index contributed by atoms with van der Waals surface area (Å²) in [6, 6.07) is 21.9. The number of aliphatic hydroxyl groups excluding tert-OH is 1. The van der Waals surface area contributed by atoms with E-state index in [-0.39, 0.29) is 30.9 Å². The Bertz CT molecular complexity index is 1540. The van der Waals surface area contributed by atoms with Gasteiger partial charge in [0.15, 0.2) is 12.7 Å². The van der Waals surface area contributed by atoms with Crippen LogP contribution in [0.2, 0.25) is 0 Å². The lowest BCUT2D eigenvalue weighted by Crippen LogP contribution is -2.74. The Labute approximate surface area is 262 Å². The van der Waals surface area contributed by atoms with Gasteiger partial charge in [-0.2, -0.15) is 0 Å². The predicted octanol–water partition coefficient (Wildman–Crippen LogP) is 4.31. The number of aliphatic hydroxyl groups is 1. The molecule has 2 heterocycles. The average molecular weight is 614 g/mol. The molecule has 5 atom stereocenters. The first-order valence-corrected chi connectivity index (χ1v) is 16.2. The Balaban J connectivity index is 1.17. The molecular weight excluding hydrogens is 574 g/mol. The van der Waals surface area contributed by atoms with Crippen LogP contribution in [0, 0.1) is 13.8 Å². The molecule has 3 aromatic rings. The number of nitrogens with zero attached hydrogens (tertiary/aromatic N) is 2. The van der Waals surface area contributed by atoms with E-state index < -0.39 is 34.9 Å². The van der Waals surface area contributed by atoms with E-state index in [2.05, 4.69) is 17.4 Å². The van der Waals surface area contributed by atoms with Crippen LogP contribution in [0.15, 0.2) is 72.8 Å². The lowest BCUT2D eigenvalue weighted by Gasteiger charge is -2.56. The first-order valence-electron chi connectivity index (χ1n) is 15.2. The summed E-state index contributed by atoms with van der Waals surface area (Å²) in [4.78, 5) is 43.6. The summed E-state index contributed by atoms with van der Waals surface area (Å²) in [6.45, 7) is 5.60. The second-order valence-electron chi connectivity index (χ2n) is 12.2. The van der Waals surface area contributed by atoms with Gasteiger partial charge in [-0.25, -0.2) is 0 Å². The smallest absolute Gasteiger partial charge is 0.258 e. The zero-order valence-electron chi connectivity index (χ0n) is 25.4. The Hall–Kier alpha value is -3.82. The van der Waals surface area contributed by atoms with Crippen molar-refractivity contribution in [2.45, 2.75) is 75.6 Å². The number of hydrogen-bond donors (Lipinski definition) is 2. The molecule has 3 aliphatic rings. The largest absolute Gasteiger partial charge is 0.483 e. The molecule has 1 unspecified atom stereocenters. The molecule has 6 rings (SSSR count). The Morgan fingerprint density at radius 2 is 1.75 bits per heavy atom. The second-order valence-corrected chi connectivity index (χ2v) is 13.5. The summed E-state index contributed by atoms with van der Waals surface area (Å²) < 4.78 is 5.84. The van der Waals surface area contributed by atoms with E-state index in [0.717, 1.165) is 36.0 Å². The van der Waals surface area contributed by atoms with Gasteiger partial charge in [0, 0.05) is 0 Å². The highest BCUT2D eigenvalue weighted by atomic mass is 32.2. The van der Waals surface area contributed by atoms with Crippen molar-refractivity contribution in [1.29, 1.82) is 0 Å². The molecule has 2 aliphatic heterocycles. The summed E-state index contributed by atoms with van der Waals surface area (Å²) in [7, 11) is 0. The number of ether oxygens (including phenoxy) is 1. The number of rotatable bonds is 9. The minimum Gasteiger partial charge on any atom is -0.483 e. The number of hydrogen-bond acceptors (Lipinski definition) is 6. The molecule has 1 aliphatic carbocycles. The molecular formula is C35H39N3O5S. The van der Waals surface area contributed by atoms with Gasteiger partial charge in [-0.1, -0.05) is 72.8 Å². The number of aryl methyl sites for hydroxylation is 3. The zero-order valence-corrected chi connectivity index (χ0v) is 26.2. The topological polar surface area (TPSA) is 99.2 Å². The summed E-state index contributed by atoms with van der Waals surface area (Å²) in [5, 5.41) is 14.3. The van der Waals surface area contributed by atoms with Gasteiger partial charge in [0.1, 0.15) is 16.7 Å². The van der Waals surface area contributed by atoms with E-state index in [1.54, 1.807) is 11.8 Å². The van der Waals surface area contributed by atoms with Crippen LogP contribution in [-0.4, -0.2) is 68.2 Å². The number of thioether (sulfide) groups is 1. The Morgan fingerprint density at radius 3 is 2.50 bits per heavy atom. The van der Waals surface area contributed by atoms with Gasteiger partial charge in [0.05, 0.1) is 18.0 Å². The molecule has 0 saturated carbocycles. The van der Waals surface area contributed by atoms with Crippen molar-refractivity contribution in [3.05, 3.63) is 101 Å². The van der Waals surface area contributed by atoms with Crippen molar-refractivity contribution >= 4 is 29.5 Å². The molecule has 0 bridgehead atoms. The molecule has 0 radical (unpaired) electrons. The monoisotopic (exact) mass is 613 g/mol. The van der Waals surface area contributed by atoms with Crippen LogP contribution in [0.1, 0.15) is 53.6 Å². The lowest BCUT2D eigenvalue weighted by molar-refractivity contribution is -0.172. The number of likely N-dealkylation sites (tertiary alicyclic amines) is 1. The number of β-lactam (4-membered cyclic amide) rings is 1. The number of carbonyl (C=O) groups excluding carboxylic acids is 3. The third-order valence-electron chi connectivity index (χ3n) is 9.23. The molecule has 8 nitrogen and oxygen atoms in total. The van der Waals surface area contributed by atoms with Gasteiger partial charge in [-0.3, -0.25) is 14.4 Å². The van der Waals surface area contributed by atoms with E-state index in [1.807, 2.05) is 86.3 Å². The van der Waals surface area contributed by atoms with Gasteiger partial charge in [0.25, 0.3) is 11.8 Å². The fourth-order valence-corrected chi connectivity index (χ4v) is 8.42. The second kappa shape index (κ2) is 12.3. The van der Waals surface area contributed by atoms with E-state index in [4.69, 9.17) is 4.74 Å². The molecule has 2 saturated heterocycles. The Kier molecular flexibility index (Phi) is 8.44. The van der Waals surface area contributed by atoms with Crippen molar-refractivity contribution < 1.29 is 24.2 Å². The van der Waals surface area contributed by atoms with E-state index in [0.29, 0.717) is 5.75 Å².